The highest BCUT2D eigenvalue weighted by molar-refractivity contribution is 6.32. The highest BCUT2D eigenvalue weighted by Crippen LogP contribution is 2.25. The van der Waals surface area contributed by atoms with Crippen molar-refractivity contribution in [3.05, 3.63) is 74.9 Å². The molecule has 10 nitrogen and oxygen atoms in total. The Labute approximate surface area is 173 Å². The van der Waals surface area contributed by atoms with E-state index in [2.05, 4.69) is 20.8 Å². The summed E-state index contributed by atoms with van der Waals surface area (Å²) in [4.78, 5) is 38.2. The Morgan fingerprint density at radius 1 is 1.10 bits per heavy atom. The van der Waals surface area contributed by atoms with Crippen molar-refractivity contribution < 1.29 is 23.4 Å². The van der Waals surface area contributed by atoms with Crippen molar-refractivity contribution >= 4 is 29.1 Å². The summed E-state index contributed by atoms with van der Waals surface area (Å²) in [7, 11) is 0. The SMILES string of the molecule is O=C(NCCNC(=O)c1nc(-c2ccc(F)cc2)no1)c1ccc(Cl)c([N+](=O)[O-])c1. The van der Waals surface area contributed by atoms with Crippen LogP contribution in [0.4, 0.5) is 10.1 Å². The molecule has 0 aliphatic heterocycles. The molecule has 0 saturated carbocycles. The smallest absolute Gasteiger partial charge is 0.316 e. The second-order valence-electron chi connectivity index (χ2n) is 5.87. The highest BCUT2D eigenvalue weighted by Gasteiger charge is 2.17. The van der Waals surface area contributed by atoms with Crippen LogP contribution in [0, 0.1) is 15.9 Å². The van der Waals surface area contributed by atoms with E-state index in [1.54, 1.807) is 0 Å². The third kappa shape index (κ3) is 4.94. The van der Waals surface area contributed by atoms with Gasteiger partial charge in [0.1, 0.15) is 10.8 Å². The molecule has 1 aromatic heterocycles. The number of benzene rings is 2. The minimum Gasteiger partial charge on any atom is -0.350 e. The minimum atomic E-state index is -0.691. The molecule has 3 aromatic rings. The van der Waals surface area contributed by atoms with Crippen LogP contribution in [0.2, 0.25) is 5.02 Å². The van der Waals surface area contributed by atoms with Crippen LogP contribution in [0.1, 0.15) is 21.0 Å². The number of rotatable bonds is 7. The van der Waals surface area contributed by atoms with E-state index in [-0.39, 0.29) is 41.1 Å². The van der Waals surface area contributed by atoms with E-state index in [1.165, 1.54) is 36.4 Å². The Morgan fingerprint density at radius 3 is 2.43 bits per heavy atom. The fourth-order valence-corrected chi connectivity index (χ4v) is 2.54. The molecule has 0 saturated heterocycles. The normalized spacial score (nSPS) is 10.5. The van der Waals surface area contributed by atoms with E-state index >= 15 is 0 Å². The lowest BCUT2D eigenvalue weighted by atomic mass is 10.2. The maximum Gasteiger partial charge on any atom is 0.316 e. The fraction of sp³-hybridized carbons (Fsp3) is 0.111. The molecule has 3 rings (SSSR count). The van der Waals surface area contributed by atoms with Gasteiger partial charge in [-0.1, -0.05) is 16.8 Å². The zero-order valence-corrected chi connectivity index (χ0v) is 15.9. The Kier molecular flexibility index (Phi) is 6.32. The molecular formula is C18H13ClFN5O5. The van der Waals surface area contributed by atoms with Crippen molar-refractivity contribution in [2.24, 2.45) is 0 Å². The van der Waals surface area contributed by atoms with Gasteiger partial charge >= 0.3 is 11.8 Å². The average molecular weight is 434 g/mol. The van der Waals surface area contributed by atoms with Crippen LogP contribution < -0.4 is 10.6 Å². The number of halogens is 2. The van der Waals surface area contributed by atoms with E-state index < -0.39 is 22.6 Å². The van der Waals surface area contributed by atoms with Gasteiger partial charge in [0, 0.05) is 30.3 Å². The third-order valence-electron chi connectivity index (χ3n) is 3.82. The molecule has 1 heterocycles. The van der Waals surface area contributed by atoms with E-state index in [4.69, 9.17) is 16.1 Å². The Balaban J connectivity index is 1.50. The first kappa shape index (κ1) is 20.9. The van der Waals surface area contributed by atoms with Crippen molar-refractivity contribution in [3.8, 4) is 11.4 Å². The first-order valence-electron chi connectivity index (χ1n) is 8.45. The average Bonchev–Trinajstić information content (AvgIpc) is 3.22. The monoisotopic (exact) mass is 433 g/mol. The molecule has 0 atom stereocenters. The van der Waals surface area contributed by atoms with Crippen LogP contribution >= 0.6 is 11.6 Å². The van der Waals surface area contributed by atoms with Gasteiger partial charge < -0.3 is 15.2 Å². The summed E-state index contributed by atoms with van der Waals surface area (Å²) in [5, 5.41) is 19.4. The quantitative estimate of drug-likeness (QED) is 0.331. The summed E-state index contributed by atoms with van der Waals surface area (Å²) >= 11 is 5.71. The second kappa shape index (κ2) is 9.09. The Hall–Kier alpha value is -3.86. The summed E-state index contributed by atoms with van der Waals surface area (Å²) in [6.07, 6.45) is 0. The van der Waals surface area contributed by atoms with Crippen molar-refractivity contribution in [1.82, 2.24) is 20.8 Å². The molecule has 154 valence electrons. The fourth-order valence-electron chi connectivity index (χ4n) is 2.36. The molecule has 0 radical (unpaired) electrons. The molecule has 0 spiro atoms. The number of carbonyl (C=O) groups excluding carboxylic acids is 2. The zero-order valence-electron chi connectivity index (χ0n) is 15.1. The number of nitrogens with zero attached hydrogens (tertiary/aromatic N) is 3. The molecule has 2 amide bonds. The van der Waals surface area contributed by atoms with Crippen molar-refractivity contribution in [2.75, 3.05) is 13.1 Å². The Morgan fingerprint density at radius 2 is 1.77 bits per heavy atom. The molecule has 2 N–H and O–H groups in total. The van der Waals surface area contributed by atoms with Crippen LogP contribution in [0.25, 0.3) is 11.4 Å². The van der Waals surface area contributed by atoms with Gasteiger partial charge in [0.25, 0.3) is 11.6 Å². The van der Waals surface area contributed by atoms with Crippen LogP contribution in [-0.2, 0) is 0 Å². The van der Waals surface area contributed by atoms with Gasteiger partial charge in [-0.3, -0.25) is 19.7 Å². The number of nitrogens with one attached hydrogen (secondary N) is 2. The van der Waals surface area contributed by atoms with Crippen LogP contribution in [0.15, 0.2) is 47.0 Å². The maximum atomic E-state index is 13.0. The predicted molar refractivity (Wildman–Crippen MR) is 102 cm³/mol. The van der Waals surface area contributed by atoms with Crippen molar-refractivity contribution in [1.29, 1.82) is 0 Å². The first-order valence-corrected chi connectivity index (χ1v) is 8.83. The largest absolute Gasteiger partial charge is 0.350 e. The molecule has 0 fully saturated rings. The summed E-state index contributed by atoms with van der Waals surface area (Å²) < 4.78 is 17.8. The van der Waals surface area contributed by atoms with Gasteiger partial charge in [0.15, 0.2) is 0 Å². The zero-order chi connectivity index (χ0) is 21.7. The number of amides is 2. The lowest BCUT2D eigenvalue weighted by Crippen LogP contribution is -2.34. The lowest BCUT2D eigenvalue weighted by Gasteiger charge is -2.06. The lowest BCUT2D eigenvalue weighted by molar-refractivity contribution is -0.384. The minimum absolute atomic E-state index is 0.0362. The molecular weight excluding hydrogens is 421 g/mol. The first-order chi connectivity index (χ1) is 14.3. The molecule has 30 heavy (non-hydrogen) atoms. The van der Waals surface area contributed by atoms with Crippen molar-refractivity contribution in [2.45, 2.75) is 0 Å². The number of nitro groups is 1. The second-order valence-corrected chi connectivity index (χ2v) is 6.27. The Bertz CT molecular complexity index is 1100. The van der Waals surface area contributed by atoms with Gasteiger partial charge in [-0.05, 0) is 36.4 Å². The van der Waals surface area contributed by atoms with Crippen LogP contribution in [-0.4, -0.2) is 40.0 Å². The van der Waals surface area contributed by atoms with Gasteiger partial charge in [-0.25, -0.2) is 4.39 Å². The van der Waals surface area contributed by atoms with Crippen molar-refractivity contribution in [3.63, 3.8) is 0 Å². The molecule has 0 aliphatic carbocycles. The summed E-state index contributed by atoms with van der Waals surface area (Å²) in [6, 6.07) is 9.00. The predicted octanol–water partition coefficient (Wildman–Crippen LogP) is 2.60. The van der Waals surface area contributed by atoms with E-state index in [0.717, 1.165) is 6.07 Å². The van der Waals surface area contributed by atoms with Gasteiger partial charge in [-0.15, -0.1) is 0 Å². The van der Waals surface area contributed by atoms with Gasteiger partial charge in [-0.2, -0.15) is 4.98 Å². The molecule has 12 heteroatoms. The third-order valence-corrected chi connectivity index (χ3v) is 4.14. The number of hydrogen-bond donors (Lipinski definition) is 2. The van der Waals surface area contributed by atoms with Gasteiger partial charge in [0.05, 0.1) is 4.92 Å². The van der Waals surface area contributed by atoms with E-state index in [9.17, 15) is 24.1 Å². The molecule has 2 aromatic carbocycles. The number of carbonyl (C=O) groups is 2. The highest BCUT2D eigenvalue weighted by atomic mass is 35.5. The number of aromatic nitrogens is 2. The molecule has 0 unspecified atom stereocenters. The van der Waals surface area contributed by atoms with Crippen LogP contribution in [0.5, 0.6) is 0 Å². The maximum absolute atomic E-state index is 13.0. The van der Waals surface area contributed by atoms with E-state index in [1.807, 2.05) is 0 Å². The summed E-state index contributed by atoms with van der Waals surface area (Å²) in [6.45, 7) is 0.0778. The number of hydrogen-bond acceptors (Lipinski definition) is 7. The number of nitro benzene ring substituents is 1. The van der Waals surface area contributed by atoms with Crippen LogP contribution in [0.3, 0.4) is 0 Å². The molecule has 0 bridgehead atoms. The summed E-state index contributed by atoms with van der Waals surface area (Å²) in [5.41, 5.74) is 0.146. The molecule has 0 aliphatic rings. The van der Waals surface area contributed by atoms with E-state index in [0.29, 0.717) is 5.56 Å². The topological polar surface area (TPSA) is 140 Å². The summed E-state index contributed by atoms with van der Waals surface area (Å²) in [5.74, 6) is -1.82. The van der Waals surface area contributed by atoms with Gasteiger partial charge in [0.2, 0.25) is 5.82 Å². The standard InChI is InChI=1S/C18H13ClFN5O5/c19-13-6-3-11(9-14(13)25(28)29)16(26)21-7-8-22-17(27)18-23-15(24-30-18)10-1-4-12(20)5-2-10/h1-6,9H,7-8H2,(H,21,26)(H,22,27).